The highest BCUT2D eigenvalue weighted by Crippen LogP contribution is 2.48. The molecule has 3 aromatic heterocycles. The summed E-state index contributed by atoms with van der Waals surface area (Å²) < 4.78 is 2.37. The number of nitrogens with zero attached hydrogens (tertiary/aromatic N) is 4. The van der Waals surface area contributed by atoms with Crippen LogP contribution in [0.1, 0.15) is 37.5 Å². The first-order valence-electron chi connectivity index (χ1n) is 24.1. The second-order valence-electron chi connectivity index (χ2n) is 19.2. The van der Waals surface area contributed by atoms with Crippen LogP contribution >= 0.6 is 0 Å². The molecule has 11 aromatic rings. The standard InChI is InChI=1S/C66H54N4/c1-45-36-37-67-63(38-45)70-62-42-55(34-35-58(62)64(51-24-14-8-15-25-51)65(70)52-26-16-9-17-27-52)69(61-29-19-18-28-57(61)49-22-12-7-13-23-49)56-40-53(39-54(41-56)66(3,4)5)60-43-59(46(2)44-68-60)50-32-30-48(31-33-50)47-20-10-6-11-21-47/h6-44H,1-5H3. The molecule has 0 unspecified atom stereocenters. The normalized spacial score (nSPS) is 11.5. The molecule has 0 spiro atoms. The molecule has 0 aliphatic heterocycles. The van der Waals surface area contributed by atoms with E-state index in [0.717, 1.165) is 95.2 Å². The van der Waals surface area contributed by atoms with Crippen molar-refractivity contribution in [3.8, 4) is 72.8 Å². The van der Waals surface area contributed by atoms with Crippen LogP contribution in [0.15, 0.2) is 237 Å². The second-order valence-corrected chi connectivity index (χ2v) is 19.2. The number of fused-ring (bicyclic) bond motifs is 1. The summed E-state index contributed by atoms with van der Waals surface area (Å²) in [6, 6.07) is 81.0. The number of hydrogen-bond donors (Lipinski definition) is 0. The molecule has 8 aromatic carbocycles. The van der Waals surface area contributed by atoms with Crippen molar-refractivity contribution < 1.29 is 0 Å². The van der Waals surface area contributed by atoms with Gasteiger partial charge in [-0.2, -0.15) is 0 Å². The number of benzene rings is 8. The SMILES string of the molecule is Cc1ccnc(-n2c(-c3ccccc3)c(-c3ccccc3)c3ccc(N(c4cc(-c5cc(-c6ccc(-c7ccccc7)cc6)c(C)cn5)cc(C(C)(C)C)c4)c4ccccc4-c4ccccc4)cc32)c1. The maximum absolute atomic E-state index is 5.17. The van der Waals surface area contributed by atoms with Crippen LogP contribution in [-0.4, -0.2) is 14.5 Å². The summed E-state index contributed by atoms with van der Waals surface area (Å²) in [7, 11) is 0. The Kier molecular flexibility index (Phi) is 11.6. The van der Waals surface area contributed by atoms with Gasteiger partial charge < -0.3 is 4.90 Å². The molecule has 0 bridgehead atoms. The Morgan fingerprint density at radius 1 is 0.443 bits per heavy atom. The summed E-state index contributed by atoms with van der Waals surface area (Å²) >= 11 is 0. The summed E-state index contributed by atoms with van der Waals surface area (Å²) in [6.45, 7) is 11.2. The van der Waals surface area contributed by atoms with E-state index in [1.807, 2.05) is 12.4 Å². The maximum Gasteiger partial charge on any atom is 0.137 e. The third kappa shape index (κ3) is 8.50. The van der Waals surface area contributed by atoms with Gasteiger partial charge in [0.25, 0.3) is 0 Å². The number of para-hydroxylation sites is 1. The van der Waals surface area contributed by atoms with E-state index >= 15 is 0 Å². The first kappa shape index (κ1) is 43.9. The highest BCUT2D eigenvalue weighted by molar-refractivity contribution is 6.07. The summed E-state index contributed by atoms with van der Waals surface area (Å²) in [5, 5.41) is 1.14. The first-order chi connectivity index (χ1) is 34.2. The molecule has 0 fully saturated rings. The molecule has 0 aliphatic rings. The van der Waals surface area contributed by atoms with Gasteiger partial charge in [0.1, 0.15) is 5.82 Å². The van der Waals surface area contributed by atoms with Crippen LogP contribution < -0.4 is 4.90 Å². The van der Waals surface area contributed by atoms with Gasteiger partial charge in [0.2, 0.25) is 0 Å². The van der Waals surface area contributed by atoms with Crippen molar-refractivity contribution in [3.05, 3.63) is 254 Å². The van der Waals surface area contributed by atoms with Gasteiger partial charge in [0, 0.05) is 45.8 Å². The maximum atomic E-state index is 5.17. The summed E-state index contributed by atoms with van der Waals surface area (Å²) in [6.07, 6.45) is 3.95. The van der Waals surface area contributed by atoms with Gasteiger partial charge in [-0.05, 0) is 129 Å². The van der Waals surface area contributed by atoms with Crippen molar-refractivity contribution in [1.82, 2.24) is 14.5 Å². The van der Waals surface area contributed by atoms with E-state index in [0.29, 0.717) is 0 Å². The molecule has 0 radical (unpaired) electrons. The van der Waals surface area contributed by atoms with Crippen molar-refractivity contribution in [2.45, 2.75) is 40.0 Å². The lowest BCUT2D eigenvalue weighted by Crippen LogP contribution is -2.16. The van der Waals surface area contributed by atoms with Gasteiger partial charge >= 0.3 is 0 Å². The number of pyridine rings is 2. The highest BCUT2D eigenvalue weighted by Gasteiger charge is 2.26. The average Bonchev–Trinajstić information content (AvgIpc) is 3.74. The number of rotatable bonds is 10. The van der Waals surface area contributed by atoms with Gasteiger partial charge in [0.05, 0.1) is 22.6 Å². The smallest absolute Gasteiger partial charge is 0.137 e. The quantitative estimate of drug-likeness (QED) is 0.137. The van der Waals surface area contributed by atoms with Crippen LogP contribution in [0, 0.1) is 13.8 Å². The molecule has 0 N–H and O–H groups in total. The molecule has 0 amide bonds. The van der Waals surface area contributed by atoms with Crippen molar-refractivity contribution in [3.63, 3.8) is 0 Å². The van der Waals surface area contributed by atoms with Crippen LogP contribution in [0.5, 0.6) is 0 Å². The number of aryl methyl sites for hydroxylation is 2. The monoisotopic (exact) mass is 902 g/mol. The number of aromatic nitrogens is 3. The van der Waals surface area contributed by atoms with E-state index in [1.54, 1.807) is 0 Å². The molecule has 0 aliphatic carbocycles. The Labute approximate surface area is 411 Å². The minimum absolute atomic E-state index is 0.180. The average molecular weight is 903 g/mol. The lowest BCUT2D eigenvalue weighted by molar-refractivity contribution is 0.590. The van der Waals surface area contributed by atoms with Gasteiger partial charge in [-0.3, -0.25) is 9.55 Å². The van der Waals surface area contributed by atoms with Crippen molar-refractivity contribution in [1.29, 1.82) is 0 Å². The predicted molar refractivity (Wildman–Crippen MR) is 294 cm³/mol. The second kappa shape index (κ2) is 18.5. The Morgan fingerprint density at radius 3 is 1.70 bits per heavy atom. The summed E-state index contributed by atoms with van der Waals surface area (Å²) in [4.78, 5) is 12.7. The van der Waals surface area contributed by atoms with Crippen LogP contribution in [0.2, 0.25) is 0 Å². The van der Waals surface area contributed by atoms with Crippen molar-refractivity contribution in [2.75, 3.05) is 4.90 Å². The molecule has 338 valence electrons. The van der Waals surface area contributed by atoms with Gasteiger partial charge in [-0.15, -0.1) is 0 Å². The van der Waals surface area contributed by atoms with E-state index in [1.165, 1.54) is 22.3 Å². The van der Waals surface area contributed by atoms with Crippen molar-refractivity contribution in [2.24, 2.45) is 0 Å². The van der Waals surface area contributed by atoms with E-state index < -0.39 is 0 Å². The lowest BCUT2D eigenvalue weighted by Gasteiger charge is -2.30. The van der Waals surface area contributed by atoms with Crippen LogP contribution in [0.25, 0.3) is 83.7 Å². The zero-order valence-electron chi connectivity index (χ0n) is 40.3. The van der Waals surface area contributed by atoms with Crippen LogP contribution in [-0.2, 0) is 5.41 Å². The molecule has 4 heteroatoms. The Bertz CT molecular complexity index is 3630. The topological polar surface area (TPSA) is 34.0 Å². The third-order valence-electron chi connectivity index (χ3n) is 13.4. The minimum atomic E-state index is -0.180. The molecular formula is C66H54N4. The first-order valence-corrected chi connectivity index (χ1v) is 24.1. The summed E-state index contributed by atoms with van der Waals surface area (Å²) in [5.74, 6) is 0.868. The van der Waals surface area contributed by atoms with Crippen LogP contribution in [0.4, 0.5) is 17.1 Å². The molecule has 4 nitrogen and oxygen atoms in total. The van der Waals surface area contributed by atoms with Crippen molar-refractivity contribution >= 4 is 28.0 Å². The number of hydrogen-bond acceptors (Lipinski definition) is 3. The largest absolute Gasteiger partial charge is 0.310 e. The molecular weight excluding hydrogens is 849 g/mol. The molecule has 11 rings (SSSR count). The number of anilines is 3. The highest BCUT2D eigenvalue weighted by atomic mass is 15.2. The Morgan fingerprint density at radius 2 is 1.03 bits per heavy atom. The Hall–Kier alpha value is -8.60. The van der Waals surface area contributed by atoms with E-state index in [4.69, 9.17) is 9.97 Å². The zero-order chi connectivity index (χ0) is 47.8. The van der Waals surface area contributed by atoms with Gasteiger partial charge in [-0.1, -0.05) is 191 Å². The van der Waals surface area contributed by atoms with Gasteiger partial charge in [-0.25, -0.2) is 4.98 Å². The molecule has 0 saturated heterocycles. The lowest BCUT2D eigenvalue weighted by atomic mass is 9.85. The van der Waals surface area contributed by atoms with Crippen LogP contribution in [0.3, 0.4) is 0 Å². The fraction of sp³-hybridized carbons (Fsp3) is 0.0909. The van der Waals surface area contributed by atoms with E-state index in [2.05, 4.69) is 269 Å². The zero-order valence-corrected chi connectivity index (χ0v) is 40.3. The molecule has 3 heterocycles. The van der Waals surface area contributed by atoms with E-state index in [-0.39, 0.29) is 5.41 Å². The minimum Gasteiger partial charge on any atom is -0.310 e. The molecule has 0 atom stereocenters. The summed E-state index contributed by atoms with van der Waals surface area (Å²) in [5.41, 5.74) is 21.0. The fourth-order valence-corrected chi connectivity index (χ4v) is 9.81. The third-order valence-corrected chi connectivity index (χ3v) is 13.4. The Balaban J connectivity index is 1.16. The fourth-order valence-electron chi connectivity index (χ4n) is 9.81. The molecule has 0 saturated carbocycles. The predicted octanol–water partition coefficient (Wildman–Crippen LogP) is 17.8. The molecule has 70 heavy (non-hydrogen) atoms. The van der Waals surface area contributed by atoms with E-state index in [9.17, 15) is 0 Å². The van der Waals surface area contributed by atoms with Gasteiger partial charge in [0.15, 0.2) is 0 Å².